The third kappa shape index (κ3) is 4.43. The van der Waals surface area contributed by atoms with Crippen molar-refractivity contribution in [3.8, 4) is 0 Å². The quantitative estimate of drug-likeness (QED) is 0.656. The van der Waals surface area contributed by atoms with E-state index in [1.54, 1.807) is 11.3 Å². The highest BCUT2D eigenvalue weighted by molar-refractivity contribution is 7.20. The van der Waals surface area contributed by atoms with E-state index < -0.39 is 0 Å². The van der Waals surface area contributed by atoms with Crippen molar-refractivity contribution < 1.29 is 4.79 Å². The molecule has 24 heavy (non-hydrogen) atoms. The van der Waals surface area contributed by atoms with E-state index in [0.717, 1.165) is 34.5 Å². The number of carbonyl (C=O) groups excluding carboxylic acids is 1. The van der Waals surface area contributed by atoms with Crippen LogP contribution in [0.25, 0.3) is 10.1 Å². The fourth-order valence-electron chi connectivity index (χ4n) is 2.71. The van der Waals surface area contributed by atoms with Crippen LogP contribution in [0.2, 0.25) is 0 Å². The van der Waals surface area contributed by atoms with Gasteiger partial charge in [0.25, 0.3) is 5.91 Å². The Morgan fingerprint density at radius 3 is 2.62 bits per heavy atom. The molecule has 1 aromatic heterocycles. The number of amides is 1. The molecule has 1 heterocycles. The van der Waals surface area contributed by atoms with Crippen molar-refractivity contribution in [2.45, 2.75) is 13.0 Å². The van der Waals surface area contributed by atoms with Crippen LogP contribution in [-0.2, 0) is 6.54 Å². The molecule has 0 unspecified atom stereocenters. The fraction of sp³-hybridized carbons (Fsp3) is 0.250. The Labute approximate surface area is 146 Å². The van der Waals surface area contributed by atoms with Gasteiger partial charge in [-0.15, -0.1) is 11.3 Å². The summed E-state index contributed by atoms with van der Waals surface area (Å²) in [6.45, 7) is 2.60. The first kappa shape index (κ1) is 16.7. The molecule has 3 rings (SSSR count). The summed E-state index contributed by atoms with van der Waals surface area (Å²) >= 11 is 1.55. The highest BCUT2D eigenvalue weighted by Crippen LogP contribution is 2.24. The summed E-state index contributed by atoms with van der Waals surface area (Å²) in [6, 6.07) is 20.5. The molecule has 0 saturated carbocycles. The molecule has 0 bridgehead atoms. The zero-order valence-electron chi connectivity index (χ0n) is 13.9. The SMILES string of the molecule is CN(CCCNC(=O)c1cc2ccccc2s1)Cc1ccccc1. The number of benzene rings is 2. The topological polar surface area (TPSA) is 32.3 Å². The first-order valence-corrected chi connectivity index (χ1v) is 9.03. The first-order chi connectivity index (χ1) is 11.7. The summed E-state index contributed by atoms with van der Waals surface area (Å²) in [5, 5.41) is 4.16. The van der Waals surface area contributed by atoms with E-state index in [9.17, 15) is 4.79 Å². The van der Waals surface area contributed by atoms with Crippen molar-refractivity contribution >= 4 is 27.3 Å². The normalized spacial score (nSPS) is 11.1. The summed E-state index contributed by atoms with van der Waals surface area (Å²) in [5.41, 5.74) is 1.31. The van der Waals surface area contributed by atoms with Gasteiger partial charge in [0.15, 0.2) is 0 Å². The Morgan fingerprint density at radius 1 is 1.08 bits per heavy atom. The highest BCUT2D eigenvalue weighted by Gasteiger charge is 2.09. The third-order valence-corrected chi connectivity index (χ3v) is 5.06. The molecule has 0 fully saturated rings. The molecule has 0 aliphatic heterocycles. The Balaban J connectivity index is 1.42. The first-order valence-electron chi connectivity index (χ1n) is 8.21. The molecule has 0 spiro atoms. The summed E-state index contributed by atoms with van der Waals surface area (Å²) < 4.78 is 1.16. The van der Waals surface area contributed by atoms with Crippen molar-refractivity contribution in [1.29, 1.82) is 0 Å². The van der Waals surface area contributed by atoms with Crippen molar-refractivity contribution in [2.75, 3.05) is 20.1 Å². The van der Waals surface area contributed by atoms with Crippen LogP contribution in [0.5, 0.6) is 0 Å². The Morgan fingerprint density at radius 2 is 1.83 bits per heavy atom. The smallest absolute Gasteiger partial charge is 0.261 e. The lowest BCUT2D eigenvalue weighted by Gasteiger charge is -2.16. The van der Waals surface area contributed by atoms with Gasteiger partial charge in [-0.1, -0.05) is 48.5 Å². The molecule has 0 radical (unpaired) electrons. The zero-order valence-corrected chi connectivity index (χ0v) is 14.7. The van der Waals surface area contributed by atoms with Gasteiger partial charge in [-0.25, -0.2) is 0 Å². The molecule has 0 saturated heterocycles. The molecule has 2 aromatic carbocycles. The van der Waals surface area contributed by atoms with E-state index in [2.05, 4.69) is 47.6 Å². The lowest BCUT2D eigenvalue weighted by Crippen LogP contribution is -2.27. The lowest BCUT2D eigenvalue weighted by molar-refractivity contribution is 0.0956. The number of fused-ring (bicyclic) bond motifs is 1. The van der Waals surface area contributed by atoms with Crippen LogP contribution in [-0.4, -0.2) is 30.9 Å². The van der Waals surface area contributed by atoms with Crippen LogP contribution in [0.4, 0.5) is 0 Å². The molecule has 4 heteroatoms. The largest absolute Gasteiger partial charge is 0.351 e. The number of carbonyl (C=O) groups is 1. The minimum Gasteiger partial charge on any atom is -0.351 e. The Bertz CT molecular complexity index is 765. The van der Waals surface area contributed by atoms with Gasteiger partial charge in [-0.05, 0) is 43.1 Å². The third-order valence-electron chi connectivity index (χ3n) is 3.95. The van der Waals surface area contributed by atoms with Crippen molar-refractivity contribution in [1.82, 2.24) is 10.2 Å². The molecule has 0 aliphatic rings. The number of rotatable bonds is 7. The number of nitrogens with one attached hydrogen (secondary N) is 1. The molecule has 3 aromatic rings. The fourth-order valence-corrected chi connectivity index (χ4v) is 3.69. The number of nitrogens with zero attached hydrogens (tertiary/aromatic N) is 1. The van der Waals surface area contributed by atoms with Gasteiger partial charge in [0.05, 0.1) is 4.88 Å². The predicted octanol–water partition coefficient (Wildman–Crippen LogP) is 4.15. The maximum Gasteiger partial charge on any atom is 0.261 e. The van der Waals surface area contributed by atoms with Crippen LogP contribution >= 0.6 is 11.3 Å². The van der Waals surface area contributed by atoms with Crippen molar-refractivity contribution in [2.24, 2.45) is 0 Å². The lowest BCUT2D eigenvalue weighted by atomic mass is 10.2. The maximum absolute atomic E-state index is 12.2. The Hall–Kier alpha value is -2.17. The highest BCUT2D eigenvalue weighted by atomic mass is 32.1. The van der Waals surface area contributed by atoms with Gasteiger partial charge < -0.3 is 10.2 Å². The van der Waals surface area contributed by atoms with Gasteiger partial charge in [0, 0.05) is 17.8 Å². The molecular weight excluding hydrogens is 316 g/mol. The van der Waals surface area contributed by atoms with Crippen LogP contribution in [0.3, 0.4) is 0 Å². The second-order valence-electron chi connectivity index (χ2n) is 5.98. The van der Waals surface area contributed by atoms with Crippen molar-refractivity contribution in [3.63, 3.8) is 0 Å². The van der Waals surface area contributed by atoms with E-state index in [1.807, 2.05) is 30.3 Å². The summed E-state index contributed by atoms with van der Waals surface area (Å²) in [4.78, 5) is 15.3. The second-order valence-corrected chi connectivity index (χ2v) is 7.07. The molecule has 1 amide bonds. The molecule has 0 aliphatic carbocycles. The number of thiophene rings is 1. The van der Waals surface area contributed by atoms with Gasteiger partial charge in [-0.3, -0.25) is 4.79 Å². The van der Waals surface area contributed by atoms with E-state index in [1.165, 1.54) is 5.56 Å². The molecule has 1 N–H and O–H groups in total. The summed E-state index contributed by atoms with van der Waals surface area (Å²) in [7, 11) is 2.11. The van der Waals surface area contributed by atoms with Crippen LogP contribution in [0, 0.1) is 0 Å². The number of hydrogen-bond donors (Lipinski definition) is 1. The van der Waals surface area contributed by atoms with Crippen molar-refractivity contribution in [3.05, 3.63) is 71.1 Å². The zero-order chi connectivity index (χ0) is 16.8. The standard InChI is InChI=1S/C20H22N2OS/c1-22(15-16-8-3-2-4-9-16)13-7-12-21-20(23)19-14-17-10-5-6-11-18(17)24-19/h2-6,8-11,14H,7,12-13,15H2,1H3,(H,21,23). The van der Waals surface area contributed by atoms with Crippen LogP contribution in [0.15, 0.2) is 60.7 Å². The minimum atomic E-state index is 0.0295. The van der Waals surface area contributed by atoms with E-state index in [4.69, 9.17) is 0 Å². The molecular formula is C20H22N2OS. The minimum absolute atomic E-state index is 0.0295. The van der Waals surface area contributed by atoms with E-state index in [-0.39, 0.29) is 5.91 Å². The van der Waals surface area contributed by atoms with Crippen LogP contribution < -0.4 is 5.32 Å². The molecule has 0 atom stereocenters. The monoisotopic (exact) mass is 338 g/mol. The average Bonchev–Trinajstić information content (AvgIpc) is 3.04. The Kier molecular flexibility index (Phi) is 5.62. The predicted molar refractivity (Wildman–Crippen MR) is 102 cm³/mol. The number of hydrogen-bond acceptors (Lipinski definition) is 3. The van der Waals surface area contributed by atoms with E-state index >= 15 is 0 Å². The molecule has 3 nitrogen and oxygen atoms in total. The van der Waals surface area contributed by atoms with Gasteiger partial charge >= 0.3 is 0 Å². The van der Waals surface area contributed by atoms with E-state index in [0.29, 0.717) is 6.54 Å². The molecule has 124 valence electrons. The van der Waals surface area contributed by atoms with Crippen LogP contribution in [0.1, 0.15) is 21.7 Å². The average molecular weight is 338 g/mol. The summed E-state index contributed by atoms with van der Waals surface area (Å²) in [5.74, 6) is 0.0295. The van der Waals surface area contributed by atoms with Gasteiger partial charge in [-0.2, -0.15) is 0 Å². The van der Waals surface area contributed by atoms with Gasteiger partial charge in [0.1, 0.15) is 0 Å². The maximum atomic E-state index is 12.2. The summed E-state index contributed by atoms with van der Waals surface area (Å²) in [6.07, 6.45) is 0.944. The second kappa shape index (κ2) is 8.08. The van der Waals surface area contributed by atoms with Gasteiger partial charge in [0.2, 0.25) is 0 Å².